The first-order valence-electron chi connectivity index (χ1n) is 9.99. The van der Waals surface area contributed by atoms with Crippen LogP contribution in [0.15, 0.2) is 65.7 Å². The number of aromatic nitrogens is 2. The van der Waals surface area contributed by atoms with E-state index in [0.717, 1.165) is 5.69 Å². The highest BCUT2D eigenvalue weighted by Crippen LogP contribution is 2.35. The second-order valence-corrected chi connectivity index (χ2v) is 9.38. The lowest BCUT2D eigenvalue weighted by atomic mass is 10.1. The molecule has 0 spiro atoms. The van der Waals surface area contributed by atoms with Gasteiger partial charge in [-0.15, -0.1) is 0 Å². The minimum absolute atomic E-state index is 0.0223. The van der Waals surface area contributed by atoms with Gasteiger partial charge in [-0.25, -0.2) is 4.68 Å². The van der Waals surface area contributed by atoms with E-state index in [1.807, 2.05) is 50.4 Å². The lowest BCUT2D eigenvalue weighted by molar-refractivity contribution is -0.384. The number of para-hydroxylation sites is 1. The van der Waals surface area contributed by atoms with Crippen LogP contribution in [0.4, 0.5) is 5.69 Å². The summed E-state index contributed by atoms with van der Waals surface area (Å²) in [7, 11) is 0. The molecule has 1 saturated heterocycles. The van der Waals surface area contributed by atoms with Gasteiger partial charge < -0.3 is 0 Å². The number of thiocarbonyl (C=S) groups is 1. The molecule has 1 fully saturated rings. The summed E-state index contributed by atoms with van der Waals surface area (Å²) in [4.78, 5) is 25.9. The van der Waals surface area contributed by atoms with E-state index in [9.17, 15) is 14.9 Å². The van der Waals surface area contributed by atoms with Crippen molar-refractivity contribution in [2.45, 2.75) is 13.8 Å². The molecule has 2 heterocycles. The normalized spacial score (nSPS) is 15.2. The molecule has 0 unspecified atom stereocenters. The Morgan fingerprint density at radius 3 is 2.62 bits per heavy atom. The molecule has 1 amide bonds. The number of hydrogen-bond acceptors (Lipinski definition) is 6. The van der Waals surface area contributed by atoms with Crippen LogP contribution in [0.1, 0.15) is 19.4 Å². The van der Waals surface area contributed by atoms with Crippen molar-refractivity contribution in [2.24, 2.45) is 5.92 Å². The number of carbonyl (C=O) groups excluding carboxylic acids is 1. The topological polar surface area (TPSA) is 81.3 Å². The fourth-order valence-electron chi connectivity index (χ4n) is 3.36. The predicted molar refractivity (Wildman–Crippen MR) is 130 cm³/mol. The number of benzene rings is 2. The van der Waals surface area contributed by atoms with E-state index >= 15 is 0 Å². The molecule has 1 aliphatic heterocycles. The van der Waals surface area contributed by atoms with Gasteiger partial charge in [-0.3, -0.25) is 19.8 Å². The lowest BCUT2D eigenvalue weighted by Gasteiger charge is -2.16. The third-order valence-corrected chi connectivity index (χ3v) is 6.18. The smallest absolute Gasteiger partial charge is 0.270 e. The molecule has 0 saturated carbocycles. The zero-order valence-corrected chi connectivity index (χ0v) is 19.1. The van der Waals surface area contributed by atoms with Gasteiger partial charge in [0.15, 0.2) is 0 Å². The molecule has 4 rings (SSSR count). The zero-order valence-electron chi connectivity index (χ0n) is 17.5. The van der Waals surface area contributed by atoms with Crippen LogP contribution < -0.4 is 0 Å². The van der Waals surface area contributed by atoms with Crippen molar-refractivity contribution in [1.82, 2.24) is 14.7 Å². The monoisotopic (exact) mass is 464 g/mol. The second-order valence-electron chi connectivity index (χ2n) is 7.71. The first kappa shape index (κ1) is 21.9. The van der Waals surface area contributed by atoms with Crippen molar-refractivity contribution in [3.8, 4) is 16.9 Å². The number of nitro benzene ring substituents is 1. The largest absolute Gasteiger partial charge is 0.293 e. The predicted octanol–water partition coefficient (Wildman–Crippen LogP) is 5.30. The van der Waals surface area contributed by atoms with Crippen LogP contribution >= 0.6 is 24.0 Å². The molecule has 0 atom stereocenters. The highest BCUT2D eigenvalue weighted by Gasteiger charge is 2.32. The molecule has 9 heteroatoms. The summed E-state index contributed by atoms with van der Waals surface area (Å²) in [5, 5.41) is 16.0. The Morgan fingerprint density at radius 1 is 1.19 bits per heavy atom. The number of rotatable bonds is 6. The Kier molecular flexibility index (Phi) is 6.20. The number of non-ortho nitro benzene ring substituents is 1. The molecule has 0 aliphatic carbocycles. The van der Waals surface area contributed by atoms with Crippen molar-refractivity contribution >= 4 is 46.0 Å². The average Bonchev–Trinajstić information content (AvgIpc) is 3.31. The Bertz CT molecular complexity index is 1240. The van der Waals surface area contributed by atoms with Gasteiger partial charge >= 0.3 is 0 Å². The van der Waals surface area contributed by atoms with E-state index in [1.165, 1.54) is 23.9 Å². The summed E-state index contributed by atoms with van der Waals surface area (Å²) in [6, 6.07) is 15.9. The van der Waals surface area contributed by atoms with Crippen LogP contribution in [-0.4, -0.2) is 36.4 Å². The van der Waals surface area contributed by atoms with E-state index in [2.05, 4.69) is 5.10 Å². The molecule has 162 valence electrons. The summed E-state index contributed by atoms with van der Waals surface area (Å²) in [5.41, 5.74) is 2.64. The quantitative estimate of drug-likeness (QED) is 0.213. The van der Waals surface area contributed by atoms with Crippen molar-refractivity contribution in [3.05, 3.63) is 81.4 Å². The highest BCUT2D eigenvalue weighted by atomic mass is 32.2. The maximum Gasteiger partial charge on any atom is 0.270 e. The SMILES string of the molecule is CC(C)CN1C(=O)C(=Cc2cn(-c3ccccc3)nc2-c2cccc([N+](=O)[O-])c2)SC1=S. The second kappa shape index (κ2) is 9.05. The van der Waals surface area contributed by atoms with E-state index in [0.29, 0.717) is 32.6 Å². The number of amides is 1. The minimum Gasteiger partial charge on any atom is -0.293 e. The number of nitrogens with zero attached hydrogens (tertiary/aromatic N) is 4. The van der Waals surface area contributed by atoms with E-state index in [1.54, 1.807) is 27.8 Å². The van der Waals surface area contributed by atoms with Crippen molar-refractivity contribution in [3.63, 3.8) is 0 Å². The van der Waals surface area contributed by atoms with E-state index in [4.69, 9.17) is 12.2 Å². The Balaban J connectivity index is 1.81. The van der Waals surface area contributed by atoms with Crippen LogP contribution in [0.5, 0.6) is 0 Å². The van der Waals surface area contributed by atoms with Gasteiger partial charge in [0.2, 0.25) is 0 Å². The van der Waals surface area contributed by atoms with Gasteiger partial charge in [0.05, 0.1) is 15.5 Å². The Hall–Kier alpha value is -3.30. The van der Waals surface area contributed by atoms with Crippen LogP contribution in [-0.2, 0) is 4.79 Å². The van der Waals surface area contributed by atoms with Crippen LogP contribution in [0.2, 0.25) is 0 Å². The van der Waals surface area contributed by atoms with Crippen LogP contribution in [0, 0.1) is 16.0 Å². The molecule has 0 radical (unpaired) electrons. The Labute approximate surface area is 194 Å². The van der Waals surface area contributed by atoms with Gasteiger partial charge in [-0.05, 0) is 24.1 Å². The molecule has 0 bridgehead atoms. The fraction of sp³-hybridized carbons (Fsp3) is 0.174. The Morgan fingerprint density at radius 2 is 1.94 bits per heavy atom. The van der Waals surface area contributed by atoms with Gasteiger partial charge in [0.1, 0.15) is 10.0 Å². The summed E-state index contributed by atoms with van der Waals surface area (Å²) in [5.74, 6) is 0.157. The van der Waals surface area contributed by atoms with Gasteiger partial charge in [-0.1, -0.05) is 68.2 Å². The maximum absolute atomic E-state index is 13.0. The van der Waals surface area contributed by atoms with Crippen molar-refractivity contribution < 1.29 is 9.72 Å². The number of nitro groups is 1. The molecule has 0 N–H and O–H groups in total. The minimum atomic E-state index is -0.436. The number of carbonyl (C=O) groups is 1. The number of hydrogen-bond donors (Lipinski definition) is 0. The molecule has 3 aromatic rings. The fourth-order valence-corrected chi connectivity index (χ4v) is 4.63. The van der Waals surface area contributed by atoms with Crippen molar-refractivity contribution in [2.75, 3.05) is 6.54 Å². The molecular weight excluding hydrogens is 444 g/mol. The van der Waals surface area contributed by atoms with E-state index < -0.39 is 4.92 Å². The molecule has 32 heavy (non-hydrogen) atoms. The van der Waals surface area contributed by atoms with Gasteiger partial charge in [-0.2, -0.15) is 5.10 Å². The molecule has 1 aromatic heterocycles. The van der Waals surface area contributed by atoms with Crippen LogP contribution in [0.3, 0.4) is 0 Å². The first-order chi connectivity index (χ1) is 15.3. The first-order valence-corrected chi connectivity index (χ1v) is 11.2. The highest BCUT2D eigenvalue weighted by molar-refractivity contribution is 8.26. The van der Waals surface area contributed by atoms with Gasteiger partial charge in [0.25, 0.3) is 11.6 Å². The molecule has 1 aliphatic rings. The van der Waals surface area contributed by atoms with E-state index in [-0.39, 0.29) is 17.5 Å². The zero-order chi connectivity index (χ0) is 22.8. The summed E-state index contributed by atoms with van der Waals surface area (Å²) >= 11 is 6.67. The van der Waals surface area contributed by atoms with Crippen LogP contribution in [0.25, 0.3) is 23.0 Å². The standard InChI is InChI=1S/C23H20N4O3S2/c1-15(2)13-25-22(28)20(32-23(25)31)12-17-14-26(18-8-4-3-5-9-18)24-21(17)16-7-6-10-19(11-16)27(29)30/h3-12,14-15H,13H2,1-2H3. The lowest BCUT2D eigenvalue weighted by Crippen LogP contribution is -2.31. The van der Waals surface area contributed by atoms with Crippen molar-refractivity contribution in [1.29, 1.82) is 0 Å². The third-order valence-electron chi connectivity index (χ3n) is 4.80. The summed E-state index contributed by atoms with van der Waals surface area (Å²) in [6.07, 6.45) is 3.58. The van der Waals surface area contributed by atoms with Gasteiger partial charge in [0, 0.05) is 36.0 Å². The molecule has 2 aromatic carbocycles. The number of thioether (sulfide) groups is 1. The third kappa shape index (κ3) is 4.49. The molecule has 7 nitrogen and oxygen atoms in total. The maximum atomic E-state index is 13.0. The summed E-state index contributed by atoms with van der Waals surface area (Å²) in [6.45, 7) is 4.63. The summed E-state index contributed by atoms with van der Waals surface area (Å²) < 4.78 is 2.23. The molecular formula is C23H20N4O3S2. The average molecular weight is 465 g/mol.